The van der Waals surface area contributed by atoms with Crippen molar-refractivity contribution in [1.29, 1.82) is 0 Å². The summed E-state index contributed by atoms with van der Waals surface area (Å²) in [7, 11) is 0. The molecule has 4 aromatic carbocycles. The minimum Gasteiger partial charge on any atom is -1.00 e. The van der Waals surface area contributed by atoms with Crippen LogP contribution in [-0.2, 0) is 36.4 Å². The van der Waals surface area contributed by atoms with Crippen molar-refractivity contribution in [2.45, 2.75) is 18.2 Å². The van der Waals surface area contributed by atoms with E-state index >= 15 is 0 Å². The van der Waals surface area contributed by atoms with Gasteiger partial charge in [0.15, 0.2) is 0 Å². The molecule has 5 rings (SSSR count). The van der Waals surface area contributed by atoms with E-state index in [0.29, 0.717) is 13.2 Å². The van der Waals surface area contributed by atoms with Gasteiger partial charge in [0.1, 0.15) is 0 Å². The van der Waals surface area contributed by atoms with Gasteiger partial charge in [-0.1, -0.05) is 121 Å². The van der Waals surface area contributed by atoms with Crippen molar-refractivity contribution in [2.24, 2.45) is 0 Å². The quantitative estimate of drug-likeness (QED) is 0.208. The second-order valence-corrected chi connectivity index (χ2v) is 7.93. The van der Waals surface area contributed by atoms with Crippen molar-refractivity contribution in [1.82, 2.24) is 4.90 Å². The maximum Gasteiger partial charge on any atom is 0.0980 e. The van der Waals surface area contributed by atoms with Crippen LogP contribution in [0.25, 0.3) is 0 Å². The zero-order valence-corrected chi connectivity index (χ0v) is 22.3. The average Bonchev–Trinajstić information content (AvgIpc) is 3.62. The van der Waals surface area contributed by atoms with Gasteiger partial charge in [0.25, 0.3) is 0 Å². The average molecular weight is 505 g/mol. The van der Waals surface area contributed by atoms with Gasteiger partial charge in [0.2, 0.25) is 0 Å². The predicted octanol–water partition coefficient (Wildman–Crippen LogP) is 3.04. The summed E-state index contributed by atoms with van der Waals surface area (Å²) in [5.74, 6) is 0. The Morgan fingerprint density at radius 2 is 1.00 bits per heavy atom. The van der Waals surface area contributed by atoms with Crippen LogP contribution in [-0.4, -0.2) is 17.5 Å². The van der Waals surface area contributed by atoms with Crippen LogP contribution >= 0.6 is 0 Å². The maximum absolute atomic E-state index is 6.10. The van der Waals surface area contributed by atoms with E-state index in [-0.39, 0.29) is 43.5 Å². The van der Waals surface area contributed by atoms with E-state index in [2.05, 4.69) is 127 Å². The number of nitrogens with zero attached hydrogens (tertiary/aromatic N) is 1. The van der Waals surface area contributed by atoms with Gasteiger partial charge in [-0.15, -0.1) is 0 Å². The van der Waals surface area contributed by atoms with Crippen LogP contribution in [0.3, 0.4) is 0 Å². The summed E-state index contributed by atoms with van der Waals surface area (Å²) in [5, 5.41) is 0. The number of ether oxygens (including phenoxy) is 1. The Labute approximate surface area is 215 Å². The molecule has 0 bridgehead atoms. The first-order valence-corrected chi connectivity index (χ1v) is 10.8. The Hall–Kier alpha value is -2.29. The van der Waals surface area contributed by atoms with E-state index in [4.69, 9.17) is 4.74 Å². The smallest absolute Gasteiger partial charge is 0.0980 e. The topological polar surface area (TPSA) is 12.2 Å². The zero-order valence-electron chi connectivity index (χ0n) is 18.6. The first-order valence-electron chi connectivity index (χ1n) is 10.8. The van der Waals surface area contributed by atoms with E-state index < -0.39 is 0 Å². The molecule has 163 valence electrons. The maximum atomic E-state index is 6.10. The third kappa shape index (κ3) is 5.28. The molecule has 0 aromatic heterocycles. The molecular weight excluding hydrogens is 479 g/mol. The summed E-state index contributed by atoms with van der Waals surface area (Å²) in [6.07, 6.45) is 0. The molecule has 1 saturated heterocycles. The van der Waals surface area contributed by atoms with Crippen molar-refractivity contribution in [2.75, 3.05) is 6.61 Å². The molecule has 1 fully saturated rings. The first kappa shape index (κ1) is 25.3. The Morgan fingerprint density at radius 3 is 1.42 bits per heavy atom. The van der Waals surface area contributed by atoms with Crippen molar-refractivity contribution in [3.8, 4) is 0 Å². The van der Waals surface area contributed by atoms with Crippen LogP contribution in [0.2, 0.25) is 0 Å². The molecule has 1 heterocycles. The molecule has 2 atom stereocenters. The van der Waals surface area contributed by atoms with Gasteiger partial charge < -0.3 is 17.1 Å². The van der Waals surface area contributed by atoms with Crippen LogP contribution < -0.4 is 12.4 Å². The summed E-state index contributed by atoms with van der Waals surface area (Å²) in [6.45, 7) is 3.61. The Balaban J connectivity index is 0.00000153. The molecule has 1 aliphatic heterocycles. The van der Waals surface area contributed by atoms with Crippen molar-refractivity contribution in [3.05, 3.63) is 150 Å². The summed E-state index contributed by atoms with van der Waals surface area (Å²) >= 11 is 0. The number of hydrogen-bond donors (Lipinski definition) is 0. The Morgan fingerprint density at radius 1 is 0.606 bits per heavy atom. The summed E-state index contributed by atoms with van der Waals surface area (Å²) in [6, 6.07) is 43.0. The normalized spacial score (nSPS) is 16.8. The second-order valence-electron chi connectivity index (χ2n) is 7.93. The van der Waals surface area contributed by atoms with Crippen LogP contribution in [0.1, 0.15) is 22.3 Å². The van der Waals surface area contributed by atoms with Gasteiger partial charge in [0.05, 0.1) is 24.8 Å². The van der Waals surface area contributed by atoms with E-state index in [9.17, 15) is 0 Å². The summed E-state index contributed by atoms with van der Waals surface area (Å²) in [5.41, 5.74) is 4.60. The van der Waals surface area contributed by atoms with Crippen LogP contribution in [0.5, 0.6) is 0 Å². The molecule has 2 nitrogen and oxygen atoms in total. The molecule has 1 aliphatic rings. The van der Waals surface area contributed by atoms with Crippen LogP contribution in [0, 0.1) is 6.54 Å². The second kappa shape index (κ2) is 11.7. The van der Waals surface area contributed by atoms with Gasteiger partial charge in [-0.25, -0.2) is 0 Å². The zero-order chi connectivity index (χ0) is 20.9. The molecule has 0 amide bonds. The number of hydrogen-bond acceptors (Lipinski definition) is 2. The summed E-state index contributed by atoms with van der Waals surface area (Å²) < 4.78 is 6.10. The Kier molecular flexibility index (Phi) is 9.00. The minimum absolute atomic E-state index is 0. The van der Waals surface area contributed by atoms with Crippen molar-refractivity contribution < 1.29 is 36.6 Å². The predicted molar refractivity (Wildman–Crippen MR) is 125 cm³/mol. The fraction of sp³-hybridized carbons (Fsp3) is 0.138. The van der Waals surface area contributed by atoms with Crippen molar-refractivity contribution in [3.63, 3.8) is 0 Å². The monoisotopic (exact) mass is 503 g/mol. The van der Waals surface area contributed by atoms with E-state index in [1.54, 1.807) is 0 Å². The van der Waals surface area contributed by atoms with Gasteiger partial charge >= 0.3 is 0 Å². The number of rotatable bonds is 8. The molecular formula is C29H26ClNOZn-. The molecule has 4 heteroatoms. The minimum atomic E-state index is -0.384. The van der Waals surface area contributed by atoms with E-state index in [1.165, 1.54) is 22.3 Å². The summed E-state index contributed by atoms with van der Waals surface area (Å²) in [4.78, 5) is 2.46. The molecule has 1 unspecified atom stereocenters. The SMILES string of the molecule is [CH]1[C@H](COCc2ccccc2)N1C(c1ccccc1)(c1ccccc1)c1ccccc1.[Cl-].[Zn]. The van der Waals surface area contributed by atoms with Gasteiger partial charge in [0, 0.05) is 26.0 Å². The van der Waals surface area contributed by atoms with Gasteiger partial charge in [-0.3, -0.25) is 4.90 Å². The third-order valence-electron chi connectivity index (χ3n) is 5.96. The molecule has 33 heavy (non-hydrogen) atoms. The fourth-order valence-corrected chi connectivity index (χ4v) is 4.49. The molecule has 4 aromatic rings. The largest absolute Gasteiger partial charge is 1.00 e. The fourth-order valence-electron chi connectivity index (χ4n) is 4.49. The molecule has 0 spiro atoms. The molecule has 0 N–H and O–H groups in total. The Bertz CT molecular complexity index is 997. The molecule has 0 aliphatic carbocycles. The third-order valence-corrected chi connectivity index (χ3v) is 5.96. The molecule has 1 radical (unpaired) electrons. The standard InChI is InChI=1S/C29H26NO.ClH.Zn/c1-5-13-24(14-6-1)22-31-23-28-21-30(28)29(25-15-7-2-8-16-25,26-17-9-3-10-18-26)27-19-11-4-12-20-27;;/h1-21,28H,22-23H2;1H;/p-1/t28-,30?;;/m1../s1. The van der Waals surface area contributed by atoms with Crippen LogP contribution in [0.4, 0.5) is 0 Å². The van der Waals surface area contributed by atoms with E-state index in [1.807, 2.05) is 6.07 Å². The van der Waals surface area contributed by atoms with Gasteiger partial charge in [-0.2, -0.15) is 0 Å². The molecule has 0 saturated carbocycles. The number of halogens is 1. The number of benzene rings is 4. The van der Waals surface area contributed by atoms with Crippen molar-refractivity contribution >= 4 is 0 Å². The van der Waals surface area contributed by atoms with Gasteiger partial charge in [-0.05, 0) is 22.3 Å². The van der Waals surface area contributed by atoms with Crippen LogP contribution in [0.15, 0.2) is 121 Å². The first-order chi connectivity index (χ1) is 15.4. The van der Waals surface area contributed by atoms with E-state index in [0.717, 1.165) is 0 Å².